The quantitative estimate of drug-likeness (QED) is 0.813. The van der Waals surface area contributed by atoms with Gasteiger partial charge in [-0.25, -0.2) is 4.79 Å². The summed E-state index contributed by atoms with van der Waals surface area (Å²) in [5, 5.41) is 5.56. The van der Waals surface area contributed by atoms with Gasteiger partial charge >= 0.3 is 6.03 Å². The van der Waals surface area contributed by atoms with Crippen molar-refractivity contribution in [3.63, 3.8) is 0 Å². The predicted molar refractivity (Wildman–Crippen MR) is 72.5 cm³/mol. The van der Waals surface area contributed by atoms with Crippen LogP contribution in [0.2, 0.25) is 0 Å². The highest BCUT2D eigenvalue weighted by Crippen LogP contribution is 2.27. The lowest BCUT2D eigenvalue weighted by Gasteiger charge is -2.32. The van der Waals surface area contributed by atoms with Crippen LogP contribution in [0.4, 0.5) is 4.79 Å². The van der Waals surface area contributed by atoms with Crippen molar-refractivity contribution in [3.8, 4) is 0 Å². The van der Waals surface area contributed by atoms with Crippen LogP contribution in [-0.4, -0.2) is 26.2 Å². The Morgan fingerprint density at radius 3 is 2.39 bits per heavy atom. The van der Waals surface area contributed by atoms with Gasteiger partial charge in [-0.2, -0.15) is 0 Å². The molecule has 1 unspecified atom stereocenters. The zero-order chi connectivity index (χ0) is 13.4. The van der Waals surface area contributed by atoms with E-state index in [1.807, 2.05) is 37.3 Å². The van der Waals surface area contributed by atoms with Crippen LogP contribution in [0.15, 0.2) is 30.3 Å². The number of carbonyl (C=O) groups excluding carboxylic acids is 1. The standard InChI is InChI=1S/C14H22N2O2/c1-4-14(18-3,11-16-13(17)15-5-2)12-9-7-6-8-10-12/h6-10H,4-5,11H2,1-3H3,(H2,15,16,17). The van der Waals surface area contributed by atoms with Crippen LogP contribution < -0.4 is 10.6 Å². The van der Waals surface area contributed by atoms with Crippen molar-refractivity contribution >= 4 is 6.03 Å². The van der Waals surface area contributed by atoms with Crippen molar-refractivity contribution in [1.82, 2.24) is 10.6 Å². The Labute approximate surface area is 109 Å². The molecule has 4 heteroatoms. The molecule has 1 aromatic rings. The lowest BCUT2D eigenvalue weighted by molar-refractivity contribution is -0.0152. The molecule has 2 amide bonds. The maximum absolute atomic E-state index is 11.5. The lowest BCUT2D eigenvalue weighted by Crippen LogP contribution is -2.45. The Kier molecular flexibility index (Phi) is 5.65. The van der Waals surface area contributed by atoms with E-state index in [1.54, 1.807) is 7.11 Å². The van der Waals surface area contributed by atoms with Crippen molar-refractivity contribution < 1.29 is 9.53 Å². The number of hydrogen-bond acceptors (Lipinski definition) is 2. The Morgan fingerprint density at radius 1 is 1.22 bits per heavy atom. The molecule has 0 aliphatic heterocycles. The number of ether oxygens (including phenoxy) is 1. The number of rotatable bonds is 6. The van der Waals surface area contributed by atoms with Gasteiger partial charge in [-0.3, -0.25) is 0 Å². The molecule has 0 fully saturated rings. The molecule has 1 aromatic carbocycles. The predicted octanol–water partition coefficient (Wildman–Crippen LogP) is 2.26. The molecule has 0 saturated heterocycles. The third-order valence-electron chi connectivity index (χ3n) is 3.13. The van der Waals surface area contributed by atoms with E-state index in [1.165, 1.54) is 0 Å². The van der Waals surface area contributed by atoms with Crippen molar-refractivity contribution in [1.29, 1.82) is 0 Å². The van der Waals surface area contributed by atoms with Gasteiger partial charge in [0.05, 0.1) is 6.54 Å². The smallest absolute Gasteiger partial charge is 0.314 e. The molecule has 0 spiro atoms. The number of carbonyl (C=O) groups is 1. The lowest BCUT2D eigenvalue weighted by atomic mass is 9.91. The van der Waals surface area contributed by atoms with Crippen LogP contribution in [0.1, 0.15) is 25.8 Å². The fraction of sp³-hybridized carbons (Fsp3) is 0.500. The largest absolute Gasteiger partial charge is 0.372 e. The van der Waals surface area contributed by atoms with E-state index < -0.39 is 5.60 Å². The fourth-order valence-corrected chi connectivity index (χ4v) is 1.95. The Balaban J connectivity index is 2.78. The molecule has 1 atom stereocenters. The summed E-state index contributed by atoms with van der Waals surface area (Å²) >= 11 is 0. The van der Waals surface area contributed by atoms with E-state index in [4.69, 9.17) is 4.74 Å². The third-order valence-corrected chi connectivity index (χ3v) is 3.13. The van der Waals surface area contributed by atoms with Gasteiger partial charge in [0.15, 0.2) is 0 Å². The van der Waals surface area contributed by atoms with E-state index in [0.29, 0.717) is 13.1 Å². The third kappa shape index (κ3) is 3.47. The maximum atomic E-state index is 11.5. The van der Waals surface area contributed by atoms with Gasteiger partial charge < -0.3 is 15.4 Å². The topological polar surface area (TPSA) is 50.4 Å². The van der Waals surface area contributed by atoms with Crippen LogP contribution in [0, 0.1) is 0 Å². The second-order valence-electron chi connectivity index (χ2n) is 4.13. The molecule has 0 aliphatic rings. The van der Waals surface area contributed by atoms with Gasteiger partial charge in [-0.05, 0) is 18.9 Å². The molecule has 0 radical (unpaired) electrons. The molecule has 0 saturated carbocycles. The first-order valence-electron chi connectivity index (χ1n) is 6.31. The summed E-state index contributed by atoms with van der Waals surface area (Å²) in [5.74, 6) is 0. The molecule has 1 rings (SSSR count). The SMILES string of the molecule is CCNC(=O)NCC(CC)(OC)c1ccccc1. The molecule has 2 N–H and O–H groups in total. The highest BCUT2D eigenvalue weighted by molar-refractivity contribution is 5.73. The molecule has 0 aliphatic carbocycles. The summed E-state index contributed by atoms with van der Waals surface area (Å²) in [6.45, 7) is 5.01. The summed E-state index contributed by atoms with van der Waals surface area (Å²) in [6, 6.07) is 9.80. The molecule has 0 bridgehead atoms. The Bertz CT molecular complexity index is 361. The normalized spacial score (nSPS) is 13.7. The summed E-state index contributed by atoms with van der Waals surface area (Å²) in [7, 11) is 1.68. The minimum absolute atomic E-state index is 0.164. The Morgan fingerprint density at radius 2 is 1.89 bits per heavy atom. The summed E-state index contributed by atoms with van der Waals surface area (Å²) in [5.41, 5.74) is 0.610. The number of methoxy groups -OCH3 is 1. The van der Waals surface area contributed by atoms with E-state index in [0.717, 1.165) is 12.0 Å². The van der Waals surface area contributed by atoms with Crippen molar-refractivity contribution in [2.75, 3.05) is 20.2 Å². The first kappa shape index (κ1) is 14.5. The molecular weight excluding hydrogens is 228 g/mol. The minimum atomic E-state index is -0.466. The van der Waals surface area contributed by atoms with Crippen LogP contribution in [0.3, 0.4) is 0 Å². The van der Waals surface area contributed by atoms with E-state index in [-0.39, 0.29) is 6.03 Å². The number of benzene rings is 1. The highest BCUT2D eigenvalue weighted by Gasteiger charge is 2.30. The van der Waals surface area contributed by atoms with Gasteiger partial charge in [-0.15, -0.1) is 0 Å². The molecular formula is C14H22N2O2. The van der Waals surface area contributed by atoms with Crippen LogP contribution in [0.25, 0.3) is 0 Å². The average Bonchev–Trinajstić information content (AvgIpc) is 2.42. The van der Waals surface area contributed by atoms with E-state index in [9.17, 15) is 4.79 Å². The zero-order valence-corrected chi connectivity index (χ0v) is 11.3. The van der Waals surface area contributed by atoms with Crippen LogP contribution in [-0.2, 0) is 10.3 Å². The molecule has 100 valence electrons. The minimum Gasteiger partial charge on any atom is -0.372 e. The first-order valence-corrected chi connectivity index (χ1v) is 6.31. The van der Waals surface area contributed by atoms with Crippen molar-refractivity contribution in [2.45, 2.75) is 25.9 Å². The number of urea groups is 1. The fourth-order valence-electron chi connectivity index (χ4n) is 1.95. The van der Waals surface area contributed by atoms with Gasteiger partial charge in [0, 0.05) is 13.7 Å². The van der Waals surface area contributed by atoms with Gasteiger partial charge in [0.2, 0.25) is 0 Å². The van der Waals surface area contributed by atoms with Gasteiger partial charge in [0.1, 0.15) is 5.60 Å². The average molecular weight is 250 g/mol. The highest BCUT2D eigenvalue weighted by atomic mass is 16.5. The Hall–Kier alpha value is -1.55. The van der Waals surface area contributed by atoms with Crippen LogP contribution in [0.5, 0.6) is 0 Å². The van der Waals surface area contributed by atoms with Gasteiger partial charge in [0.25, 0.3) is 0 Å². The van der Waals surface area contributed by atoms with Crippen LogP contribution >= 0.6 is 0 Å². The van der Waals surface area contributed by atoms with Gasteiger partial charge in [-0.1, -0.05) is 37.3 Å². The second kappa shape index (κ2) is 7.01. The molecule has 18 heavy (non-hydrogen) atoms. The number of nitrogens with one attached hydrogen (secondary N) is 2. The van der Waals surface area contributed by atoms with Crippen molar-refractivity contribution in [3.05, 3.63) is 35.9 Å². The molecule has 0 heterocycles. The number of hydrogen-bond donors (Lipinski definition) is 2. The van der Waals surface area contributed by atoms with E-state index in [2.05, 4.69) is 17.6 Å². The summed E-state index contributed by atoms with van der Waals surface area (Å²) in [6.07, 6.45) is 0.792. The number of amides is 2. The first-order chi connectivity index (χ1) is 8.68. The monoisotopic (exact) mass is 250 g/mol. The van der Waals surface area contributed by atoms with Crippen molar-refractivity contribution in [2.24, 2.45) is 0 Å². The second-order valence-corrected chi connectivity index (χ2v) is 4.13. The van der Waals surface area contributed by atoms with E-state index >= 15 is 0 Å². The summed E-state index contributed by atoms with van der Waals surface area (Å²) in [4.78, 5) is 11.5. The molecule has 0 aromatic heterocycles. The summed E-state index contributed by atoms with van der Waals surface area (Å²) < 4.78 is 5.66. The maximum Gasteiger partial charge on any atom is 0.314 e. The zero-order valence-electron chi connectivity index (χ0n) is 11.3. The molecule has 4 nitrogen and oxygen atoms in total.